The number of piperidine rings is 1. The molecule has 0 unspecified atom stereocenters. The molecule has 126 valence electrons. The molecule has 4 rings (SSSR count). The van der Waals surface area contributed by atoms with Gasteiger partial charge in [0.1, 0.15) is 5.82 Å². The molecule has 3 aliphatic rings. The van der Waals surface area contributed by atoms with Gasteiger partial charge in [0.15, 0.2) is 0 Å². The standard InChI is InChI=1S/C19H28FN3/c20-16-3-4-19-15(14-16)5-13-23(19)18-7-11-22(12-8-18)10-6-17-2-1-9-21-17/h3-4,14,17-18,21H,1-2,5-13H2/t17-/m0/s1. The van der Waals surface area contributed by atoms with Crippen LogP contribution in [0.25, 0.3) is 0 Å². The third-order valence-electron chi connectivity index (χ3n) is 5.93. The van der Waals surface area contributed by atoms with Crippen molar-refractivity contribution in [3.8, 4) is 0 Å². The summed E-state index contributed by atoms with van der Waals surface area (Å²) in [6.45, 7) is 5.94. The van der Waals surface area contributed by atoms with E-state index in [0.29, 0.717) is 6.04 Å². The summed E-state index contributed by atoms with van der Waals surface area (Å²) in [4.78, 5) is 5.17. The zero-order valence-electron chi connectivity index (χ0n) is 13.9. The maximum absolute atomic E-state index is 13.4. The Labute approximate surface area is 138 Å². The van der Waals surface area contributed by atoms with Crippen molar-refractivity contribution in [2.75, 3.05) is 37.6 Å². The fourth-order valence-corrected chi connectivity index (χ4v) is 4.57. The average molecular weight is 317 g/mol. The highest BCUT2D eigenvalue weighted by atomic mass is 19.1. The molecule has 3 aliphatic heterocycles. The Morgan fingerprint density at radius 1 is 1.13 bits per heavy atom. The maximum Gasteiger partial charge on any atom is 0.123 e. The Balaban J connectivity index is 1.29. The summed E-state index contributed by atoms with van der Waals surface area (Å²) in [6.07, 6.45) is 7.50. The molecular weight excluding hydrogens is 289 g/mol. The Hall–Kier alpha value is -1.13. The first kappa shape index (κ1) is 15.4. The van der Waals surface area contributed by atoms with Crippen molar-refractivity contribution < 1.29 is 4.39 Å². The summed E-state index contributed by atoms with van der Waals surface area (Å²) in [5.74, 6) is -0.0964. The smallest absolute Gasteiger partial charge is 0.123 e. The van der Waals surface area contributed by atoms with Gasteiger partial charge >= 0.3 is 0 Å². The maximum atomic E-state index is 13.4. The number of hydrogen-bond donors (Lipinski definition) is 1. The zero-order valence-corrected chi connectivity index (χ0v) is 13.9. The number of anilines is 1. The van der Waals surface area contributed by atoms with Crippen molar-refractivity contribution >= 4 is 5.69 Å². The van der Waals surface area contributed by atoms with Crippen LogP contribution in [0.5, 0.6) is 0 Å². The molecule has 1 N–H and O–H groups in total. The van der Waals surface area contributed by atoms with E-state index in [1.165, 1.54) is 69.5 Å². The molecule has 3 heterocycles. The second-order valence-electron chi connectivity index (χ2n) is 7.37. The Morgan fingerprint density at radius 2 is 2.00 bits per heavy atom. The van der Waals surface area contributed by atoms with E-state index in [1.54, 1.807) is 12.1 Å². The first-order valence-corrected chi connectivity index (χ1v) is 9.30. The molecule has 0 bridgehead atoms. The van der Waals surface area contributed by atoms with Gasteiger partial charge in [-0.15, -0.1) is 0 Å². The summed E-state index contributed by atoms with van der Waals surface area (Å²) in [5, 5.41) is 3.60. The van der Waals surface area contributed by atoms with Crippen LogP contribution in [-0.2, 0) is 6.42 Å². The minimum atomic E-state index is -0.0964. The normalized spacial score (nSPS) is 26.0. The van der Waals surface area contributed by atoms with E-state index in [9.17, 15) is 4.39 Å². The van der Waals surface area contributed by atoms with Gasteiger partial charge in [-0.2, -0.15) is 0 Å². The summed E-state index contributed by atoms with van der Waals surface area (Å²) in [7, 11) is 0. The topological polar surface area (TPSA) is 18.5 Å². The van der Waals surface area contributed by atoms with Crippen molar-refractivity contribution in [2.24, 2.45) is 0 Å². The first-order chi connectivity index (χ1) is 11.3. The summed E-state index contributed by atoms with van der Waals surface area (Å²) in [6, 6.07) is 6.71. The van der Waals surface area contributed by atoms with Gasteiger partial charge in [-0.1, -0.05) is 0 Å². The lowest BCUT2D eigenvalue weighted by Gasteiger charge is -2.38. The van der Waals surface area contributed by atoms with Crippen LogP contribution in [0, 0.1) is 5.82 Å². The van der Waals surface area contributed by atoms with Crippen molar-refractivity contribution in [1.82, 2.24) is 10.2 Å². The minimum Gasteiger partial charge on any atom is -0.368 e. The molecule has 1 atom stereocenters. The zero-order chi connectivity index (χ0) is 15.6. The second-order valence-corrected chi connectivity index (χ2v) is 7.37. The van der Waals surface area contributed by atoms with Crippen molar-refractivity contribution in [1.29, 1.82) is 0 Å². The summed E-state index contributed by atoms with van der Waals surface area (Å²) >= 11 is 0. The molecule has 2 saturated heterocycles. The van der Waals surface area contributed by atoms with Gasteiger partial charge in [0, 0.05) is 37.4 Å². The average Bonchev–Trinajstić information content (AvgIpc) is 3.22. The molecule has 0 amide bonds. The van der Waals surface area contributed by atoms with Gasteiger partial charge in [-0.05, 0) is 75.4 Å². The highest BCUT2D eigenvalue weighted by Crippen LogP contribution is 2.33. The Morgan fingerprint density at radius 3 is 2.78 bits per heavy atom. The van der Waals surface area contributed by atoms with E-state index < -0.39 is 0 Å². The van der Waals surface area contributed by atoms with E-state index in [-0.39, 0.29) is 5.82 Å². The predicted molar refractivity (Wildman–Crippen MR) is 92.6 cm³/mol. The van der Waals surface area contributed by atoms with E-state index in [0.717, 1.165) is 19.0 Å². The number of fused-ring (bicyclic) bond motifs is 1. The number of nitrogens with one attached hydrogen (secondary N) is 1. The molecule has 0 saturated carbocycles. The molecule has 0 spiro atoms. The van der Waals surface area contributed by atoms with Crippen LogP contribution < -0.4 is 10.2 Å². The molecule has 0 radical (unpaired) electrons. The van der Waals surface area contributed by atoms with Crippen LogP contribution in [0.2, 0.25) is 0 Å². The first-order valence-electron chi connectivity index (χ1n) is 9.30. The molecular formula is C19H28FN3. The van der Waals surface area contributed by atoms with E-state index in [1.807, 2.05) is 6.07 Å². The lowest BCUT2D eigenvalue weighted by atomic mass is 10.0. The molecule has 4 heteroatoms. The highest BCUT2D eigenvalue weighted by molar-refractivity contribution is 5.58. The van der Waals surface area contributed by atoms with E-state index in [4.69, 9.17) is 0 Å². The van der Waals surface area contributed by atoms with Crippen LogP contribution in [0.4, 0.5) is 10.1 Å². The van der Waals surface area contributed by atoms with Crippen LogP contribution in [0.3, 0.4) is 0 Å². The fraction of sp³-hybridized carbons (Fsp3) is 0.684. The Kier molecular flexibility index (Phi) is 4.54. The van der Waals surface area contributed by atoms with Crippen LogP contribution >= 0.6 is 0 Å². The minimum absolute atomic E-state index is 0.0964. The lowest BCUT2D eigenvalue weighted by molar-refractivity contribution is 0.201. The summed E-state index contributed by atoms with van der Waals surface area (Å²) in [5.41, 5.74) is 2.47. The molecule has 0 aromatic heterocycles. The lowest BCUT2D eigenvalue weighted by Crippen LogP contribution is -2.45. The number of hydrogen-bond acceptors (Lipinski definition) is 3. The fourth-order valence-electron chi connectivity index (χ4n) is 4.57. The number of halogens is 1. The quantitative estimate of drug-likeness (QED) is 0.921. The highest BCUT2D eigenvalue weighted by Gasteiger charge is 2.29. The van der Waals surface area contributed by atoms with Gasteiger partial charge in [-0.25, -0.2) is 4.39 Å². The molecule has 1 aromatic carbocycles. The molecule has 0 aliphatic carbocycles. The van der Waals surface area contributed by atoms with Crippen molar-refractivity contribution in [3.05, 3.63) is 29.6 Å². The van der Waals surface area contributed by atoms with Crippen LogP contribution in [-0.4, -0.2) is 49.7 Å². The van der Waals surface area contributed by atoms with Gasteiger partial charge in [0.05, 0.1) is 0 Å². The number of rotatable bonds is 4. The third kappa shape index (κ3) is 3.38. The predicted octanol–water partition coefficient (Wildman–Crippen LogP) is 2.79. The van der Waals surface area contributed by atoms with E-state index in [2.05, 4.69) is 15.1 Å². The van der Waals surface area contributed by atoms with Gasteiger partial charge in [-0.3, -0.25) is 0 Å². The van der Waals surface area contributed by atoms with Gasteiger partial charge in [0.2, 0.25) is 0 Å². The van der Waals surface area contributed by atoms with Crippen LogP contribution in [0.15, 0.2) is 18.2 Å². The van der Waals surface area contributed by atoms with Crippen molar-refractivity contribution in [3.63, 3.8) is 0 Å². The second kappa shape index (κ2) is 6.78. The number of nitrogens with zero attached hydrogens (tertiary/aromatic N) is 2. The number of benzene rings is 1. The summed E-state index contributed by atoms with van der Waals surface area (Å²) < 4.78 is 13.4. The molecule has 3 nitrogen and oxygen atoms in total. The largest absolute Gasteiger partial charge is 0.368 e. The van der Waals surface area contributed by atoms with Gasteiger partial charge < -0.3 is 15.1 Å². The monoisotopic (exact) mass is 317 g/mol. The van der Waals surface area contributed by atoms with Crippen LogP contribution in [0.1, 0.15) is 37.7 Å². The Bertz CT molecular complexity index is 533. The van der Waals surface area contributed by atoms with Gasteiger partial charge in [0.25, 0.3) is 0 Å². The molecule has 23 heavy (non-hydrogen) atoms. The number of likely N-dealkylation sites (tertiary alicyclic amines) is 1. The molecule has 1 aromatic rings. The SMILES string of the molecule is Fc1ccc2c(c1)CCN2C1CCN(CC[C@@H]2CCCN2)CC1. The molecule has 2 fully saturated rings. The third-order valence-corrected chi connectivity index (χ3v) is 5.93. The van der Waals surface area contributed by atoms with Crippen molar-refractivity contribution in [2.45, 2.75) is 50.6 Å². The van der Waals surface area contributed by atoms with E-state index >= 15 is 0 Å².